The number of methoxy groups -OCH3 is 1. The third-order valence-corrected chi connectivity index (χ3v) is 6.20. The average molecular weight is 439 g/mol. The molecule has 32 heavy (non-hydrogen) atoms. The molecule has 1 saturated heterocycles. The van der Waals surface area contributed by atoms with Gasteiger partial charge in [0.05, 0.1) is 12.8 Å². The van der Waals surface area contributed by atoms with Gasteiger partial charge in [0.1, 0.15) is 5.75 Å². The standard InChI is InChI=1S/C25H34N4O3/c1-18-16-20(17-22(32-4)23(18)27-25(31)26-2)24(30)29-14-11-21(12-15-29)28(3)13-10-19-8-6-5-7-9-19/h5-9,16-17,21H,10-15H2,1-4H3,(H2,26,27,31). The highest BCUT2D eigenvalue weighted by Crippen LogP contribution is 2.31. The van der Waals surface area contributed by atoms with Crippen molar-refractivity contribution in [2.45, 2.75) is 32.2 Å². The van der Waals surface area contributed by atoms with Crippen LogP contribution in [0.5, 0.6) is 5.75 Å². The van der Waals surface area contributed by atoms with Crippen LogP contribution in [0.1, 0.15) is 34.3 Å². The predicted octanol–water partition coefficient (Wildman–Crippen LogP) is 3.53. The summed E-state index contributed by atoms with van der Waals surface area (Å²) in [6, 6.07) is 14.2. The molecule has 3 amide bonds. The number of ether oxygens (including phenoxy) is 1. The van der Waals surface area contributed by atoms with Crippen molar-refractivity contribution in [3.63, 3.8) is 0 Å². The molecule has 0 saturated carbocycles. The van der Waals surface area contributed by atoms with Crippen molar-refractivity contribution in [3.8, 4) is 5.75 Å². The number of rotatable bonds is 7. The molecule has 7 heteroatoms. The van der Waals surface area contributed by atoms with Crippen molar-refractivity contribution in [3.05, 3.63) is 59.2 Å². The van der Waals surface area contributed by atoms with Gasteiger partial charge in [-0.2, -0.15) is 0 Å². The molecule has 0 spiro atoms. The molecule has 2 N–H and O–H groups in total. The number of hydrogen-bond acceptors (Lipinski definition) is 4. The molecular weight excluding hydrogens is 404 g/mol. The lowest BCUT2D eigenvalue weighted by Gasteiger charge is -2.37. The monoisotopic (exact) mass is 438 g/mol. The summed E-state index contributed by atoms with van der Waals surface area (Å²) in [6.45, 7) is 4.34. The van der Waals surface area contributed by atoms with Gasteiger partial charge in [-0.25, -0.2) is 4.79 Å². The molecule has 0 unspecified atom stereocenters. The number of piperidine rings is 1. The number of nitrogens with one attached hydrogen (secondary N) is 2. The zero-order chi connectivity index (χ0) is 23.1. The van der Waals surface area contributed by atoms with Crippen molar-refractivity contribution < 1.29 is 14.3 Å². The molecule has 0 atom stereocenters. The van der Waals surface area contributed by atoms with E-state index in [1.54, 1.807) is 13.1 Å². The quantitative estimate of drug-likeness (QED) is 0.694. The van der Waals surface area contributed by atoms with Crippen LogP contribution in [0, 0.1) is 6.92 Å². The van der Waals surface area contributed by atoms with E-state index in [0.29, 0.717) is 23.0 Å². The van der Waals surface area contributed by atoms with Gasteiger partial charge in [0, 0.05) is 38.3 Å². The lowest BCUT2D eigenvalue weighted by atomic mass is 10.0. The van der Waals surface area contributed by atoms with Gasteiger partial charge in [0.15, 0.2) is 0 Å². The van der Waals surface area contributed by atoms with Crippen molar-refractivity contribution in [2.24, 2.45) is 0 Å². The van der Waals surface area contributed by atoms with Crippen LogP contribution in [-0.2, 0) is 6.42 Å². The van der Waals surface area contributed by atoms with Gasteiger partial charge in [-0.15, -0.1) is 0 Å². The number of aryl methyl sites for hydroxylation is 1. The van der Waals surface area contributed by atoms with E-state index >= 15 is 0 Å². The first-order valence-electron chi connectivity index (χ1n) is 11.1. The molecule has 2 aromatic rings. The second kappa shape index (κ2) is 11.0. The number of likely N-dealkylation sites (tertiary alicyclic amines) is 1. The maximum Gasteiger partial charge on any atom is 0.319 e. The fraction of sp³-hybridized carbons (Fsp3) is 0.440. The molecule has 0 aliphatic carbocycles. The van der Waals surface area contributed by atoms with Crippen LogP contribution in [0.2, 0.25) is 0 Å². The smallest absolute Gasteiger partial charge is 0.319 e. The Morgan fingerprint density at radius 2 is 1.84 bits per heavy atom. The molecule has 0 radical (unpaired) electrons. The van der Waals surface area contributed by atoms with E-state index in [0.717, 1.165) is 44.5 Å². The number of anilines is 1. The summed E-state index contributed by atoms with van der Waals surface area (Å²) in [5.74, 6) is 0.482. The third-order valence-electron chi connectivity index (χ3n) is 6.20. The summed E-state index contributed by atoms with van der Waals surface area (Å²) in [5.41, 5.74) is 3.29. The molecule has 1 heterocycles. The number of likely N-dealkylation sites (N-methyl/N-ethyl adjacent to an activating group) is 1. The number of carbonyl (C=O) groups excluding carboxylic acids is 2. The van der Waals surface area contributed by atoms with Crippen molar-refractivity contribution in [2.75, 3.05) is 46.2 Å². The largest absolute Gasteiger partial charge is 0.495 e. The predicted molar refractivity (Wildman–Crippen MR) is 128 cm³/mol. The summed E-state index contributed by atoms with van der Waals surface area (Å²) >= 11 is 0. The second-order valence-corrected chi connectivity index (χ2v) is 8.31. The zero-order valence-corrected chi connectivity index (χ0v) is 19.5. The molecular formula is C25H34N4O3. The van der Waals surface area contributed by atoms with Crippen LogP contribution in [0.4, 0.5) is 10.5 Å². The number of nitrogens with zero attached hydrogens (tertiary/aromatic N) is 2. The molecule has 3 rings (SSSR count). The van der Waals surface area contributed by atoms with E-state index in [9.17, 15) is 9.59 Å². The van der Waals surface area contributed by atoms with Crippen LogP contribution >= 0.6 is 0 Å². The van der Waals surface area contributed by atoms with E-state index in [-0.39, 0.29) is 11.9 Å². The fourth-order valence-corrected chi connectivity index (χ4v) is 4.20. The lowest BCUT2D eigenvalue weighted by molar-refractivity contribution is 0.0646. The average Bonchev–Trinajstić information content (AvgIpc) is 2.83. The number of carbonyl (C=O) groups is 2. The van der Waals surface area contributed by atoms with Crippen molar-refractivity contribution in [1.29, 1.82) is 0 Å². The molecule has 1 aliphatic rings. The van der Waals surface area contributed by atoms with Crippen LogP contribution in [0.3, 0.4) is 0 Å². The first kappa shape index (κ1) is 23.6. The Morgan fingerprint density at radius 1 is 1.16 bits per heavy atom. The molecule has 1 aliphatic heterocycles. The van der Waals surface area contributed by atoms with E-state index < -0.39 is 0 Å². The van der Waals surface area contributed by atoms with Gasteiger partial charge < -0.3 is 25.2 Å². The molecule has 172 valence electrons. The second-order valence-electron chi connectivity index (χ2n) is 8.31. The third kappa shape index (κ3) is 5.79. The Bertz CT molecular complexity index is 924. The summed E-state index contributed by atoms with van der Waals surface area (Å²) in [6.07, 6.45) is 2.96. The van der Waals surface area contributed by atoms with E-state index in [4.69, 9.17) is 4.74 Å². The minimum absolute atomic E-state index is 0.00304. The number of hydrogen-bond donors (Lipinski definition) is 2. The minimum atomic E-state index is -0.330. The van der Waals surface area contributed by atoms with Gasteiger partial charge in [-0.3, -0.25) is 4.79 Å². The van der Waals surface area contributed by atoms with Crippen LogP contribution < -0.4 is 15.4 Å². The van der Waals surface area contributed by atoms with Crippen LogP contribution in [-0.4, -0.2) is 68.6 Å². The molecule has 1 fully saturated rings. The normalized spacial score (nSPS) is 14.3. The Kier molecular flexibility index (Phi) is 8.11. The van der Waals surface area contributed by atoms with E-state index in [1.807, 2.05) is 24.0 Å². The fourth-order valence-electron chi connectivity index (χ4n) is 4.20. The maximum atomic E-state index is 13.2. The minimum Gasteiger partial charge on any atom is -0.495 e. The van der Waals surface area contributed by atoms with Gasteiger partial charge in [-0.1, -0.05) is 30.3 Å². The van der Waals surface area contributed by atoms with Crippen LogP contribution in [0.15, 0.2) is 42.5 Å². The zero-order valence-electron chi connectivity index (χ0n) is 19.5. The van der Waals surface area contributed by atoms with Crippen molar-refractivity contribution in [1.82, 2.24) is 15.1 Å². The first-order valence-corrected chi connectivity index (χ1v) is 11.1. The molecule has 2 aromatic carbocycles. The Hall–Kier alpha value is -3.06. The molecule has 7 nitrogen and oxygen atoms in total. The summed E-state index contributed by atoms with van der Waals surface area (Å²) in [5, 5.41) is 5.29. The summed E-state index contributed by atoms with van der Waals surface area (Å²) < 4.78 is 5.44. The SMILES string of the molecule is CNC(=O)Nc1c(C)cc(C(=O)N2CCC(N(C)CCc3ccccc3)CC2)cc1OC. The molecule has 0 aromatic heterocycles. The maximum absolute atomic E-state index is 13.2. The van der Waals surface area contributed by atoms with Crippen LogP contribution in [0.25, 0.3) is 0 Å². The van der Waals surface area contributed by atoms with Gasteiger partial charge >= 0.3 is 6.03 Å². The number of amides is 3. The summed E-state index contributed by atoms with van der Waals surface area (Å²) in [7, 11) is 5.27. The van der Waals surface area contributed by atoms with E-state index in [2.05, 4.69) is 46.8 Å². The highest BCUT2D eigenvalue weighted by Gasteiger charge is 2.26. The Labute approximate surface area is 190 Å². The highest BCUT2D eigenvalue weighted by atomic mass is 16.5. The Morgan fingerprint density at radius 3 is 2.47 bits per heavy atom. The number of urea groups is 1. The first-order chi connectivity index (χ1) is 15.4. The van der Waals surface area contributed by atoms with Gasteiger partial charge in [0.2, 0.25) is 0 Å². The topological polar surface area (TPSA) is 73.9 Å². The Balaban J connectivity index is 1.58. The summed E-state index contributed by atoms with van der Waals surface area (Å²) in [4.78, 5) is 29.2. The number of benzene rings is 2. The highest BCUT2D eigenvalue weighted by molar-refractivity contribution is 5.98. The molecule has 0 bridgehead atoms. The van der Waals surface area contributed by atoms with Gasteiger partial charge in [0.25, 0.3) is 5.91 Å². The van der Waals surface area contributed by atoms with Crippen molar-refractivity contribution >= 4 is 17.6 Å². The van der Waals surface area contributed by atoms with Gasteiger partial charge in [-0.05, 0) is 56.5 Å². The van der Waals surface area contributed by atoms with E-state index in [1.165, 1.54) is 12.7 Å². The lowest BCUT2D eigenvalue weighted by Crippen LogP contribution is -2.46.